The summed E-state index contributed by atoms with van der Waals surface area (Å²) in [5.74, 6) is 1.33. The fraction of sp³-hybridized carbons (Fsp3) is 0.917. The van der Waals surface area contributed by atoms with Crippen LogP contribution in [0.15, 0.2) is 0 Å². The Balaban J connectivity index is 2.18. The molecule has 1 aliphatic carbocycles. The van der Waals surface area contributed by atoms with Crippen LogP contribution in [0.1, 0.15) is 46.0 Å². The van der Waals surface area contributed by atoms with E-state index in [1.165, 1.54) is 0 Å². The number of ketones is 1. The smallest absolute Gasteiger partial charge is 0.165 e. The first-order chi connectivity index (χ1) is 6.65. The molecule has 2 nitrogen and oxygen atoms in total. The van der Waals surface area contributed by atoms with E-state index in [-0.39, 0.29) is 5.60 Å². The highest BCUT2D eigenvalue weighted by molar-refractivity contribution is 5.88. The van der Waals surface area contributed by atoms with Crippen LogP contribution in [0.5, 0.6) is 0 Å². The molecule has 0 amide bonds. The van der Waals surface area contributed by atoms with Crippen LogP contribution in [-0.4, -0.2) is 18.0 Å². The Labute approximate surface area is 86.0 Å². The Morgan fingerprint density at radius 2 is 2.14 bits per heavy atom. The van der Waals surface area contributed by atoms with Crippen molar-refractivity contribution in [3.05, 3.63) is 0 Å². The Bertz CT molecular complexity index is 228. The van der Waals surface area contributed by atoms with E-state index in [4.69, 9.17) is 4.74 Å². The van der Waals surface area contributed by atoms with Crippen molar-refractivity contribution in [1.82, 2.24) is 0 Å². The molecule has 0 aromatic rings. The van der Waals surface area contributed by atoms with Crippen molar-refractivity contribution in [2.45, 2.75) is 51.6 Å². The molecule has 0 radical (unpaired) electrons. The molecule has 2 aliphatic rings. The van der Waals surface area contributed by atoms with Gasteiger partial charge in [0.15, 0.2) is 5.78 Å². The van der Waals surface area contributed by atoms with Crippen LogP contribution in [0, 0.1) is 11.8 Å². The molecule has 0 N–H and O–H groups in total. The summed E-state index contributed by atoms with van der Waals surface area (Å²) in [6, 6.07) is 0. The molecule has 1 heterocycles. The molecule has 0 bridgehead atoms. The molecule has 2 rings (SSSR count). The van der Waals surface area contributed by atoms with Crippen LogP contribution < -0.4 is 0 Å². The molecule has 2 fully saturated rings. The van der Waals surface area contributed by atoms with Gasteiger partial charge >= 0.3 is 0 Å². The maximum Gasteiger partial charge on any atom is 0.165 e. The predicted molar refractivity (Wildman–Crippen MR) is 55.1 cm³/mol. The lowest BCUT2D eigenvalue weighted by Crippen LogP contribution is -2.53. The van der Waals surface area contributed by atoms with E-state index in [1.54, 1.807) is 0 Å². The van der Waals surface area contributed by atoms with Gasteiger partial charge < -0.3 is 4.74 Å². The average Bonchev–Trinajstić information content (AvgIpc) is 2.16. The van der Waals surface area contributed by atoms with Gasteiger partial charge in [-0.05, 0) is 37.5 Å². The third-order valence-electron chi connectivity index (χ3n) is 3.86. The fourth-order valence-corrected chi connectivity index (χ4v) is 3.07. The molecular weight excluding hydrogens is 176 g/mol. The monoisotopic (exact) mass is 196 g/mol. The Morgan fingerprint density at radius 1 is 1.36 bits per heavy atom. The summed E-state index contributed by atoms with van der Waals surface area (Å²) in [5, 5.41) is 0. The molecular formula is C12H20O2. The van der Waals surface area contributed by atoms with E-state index in [9.17, 15) is 4.79 Å². The molecule has 3 atom stereocenters. The highest BCUT2D eigenvalue weighted by Gasteiger charge is 2.48. The van der Waals surface area contributed by atoms with E-state index in [0.717, 1.165) is 38.7 Å². The second-order valence-corrected chi connectivity index (χ2v) is 5.06. The largest absolute Gasteiger partial charge is 0.367 e. The normalized spacial score (nSPS) is 44.3. The molecule has 0 unspecified atom stereocenters. The lowest BCUT2D eigenvalue weighted by Gasteiger charge is -2.45. The second-order valence-electron chi connectivity index (χ2n) is 5.06. The van der Waals surface area contributed by atoms with Crippen molar-refractivity contribution < 1.29 is 9.53 Å². The summed E-state index contributed by atoms with van der Waals surface area (Å²) < 4.78 is 5.83. The van der Waals surface area contributed by atoms with Gasteiger partial charge in [-0.25, -0.2) is 0 Å². The van der Waals surface area contributed by atoms with Gasteiger partial charge in [0.25, 0.3) is 0 Å². The summed E-state index contributed by atoms with van der Waals surface area (Å²) in [6.45, 7) is 5.13. The Kier molecular flexibility index (Phi) is 2.65. The van der Waals surface area contributed by atoms with Gasteiger partial charge in [-0.1, -0.05) is 13.8 Å². The molecule has 1 saturated carbocycles. The van der Waals surface area contributed by atoms with E-state index < -0.39 is 0 Å². The Morgan fingerprint density at radius 3 is 2.71 bits per heavy atom. The Hall–Kier alpha value is -0.370. The van der Waals surface area contributed by atoms with Crippen LogP contribution >= 0.6 is 0 Å². The van der Waals surface area contributed by atoms with Crippen LogP contribution in [0.3, 0.4) is 0 Å². The minimum absolute atomic E-state index is 0.364. The molecule has 2 heteroatoms. The first-order valence-corrected chi connectivity index (χ1v) is 5.82. The van der Waals surface area contributed by atoms with Crippen LogP contribution in [0.25, 0.3) is 0 Å². The number of carbonyl (C=O) groups is 1. The first-order valence-electron chi connectivity index (χ1n) is 5.82. The number of Topliss-reactive ketones (excluding diaryl/α,β-unsaturated/α-hetero) is 1. The van der Waals surface area contributed by atoms with Crippen molar-refractivity contribution >= 4 is 5.78 Å². The van der Waals surface area contributed by atoms with Gasteiger partial charge in [0.1, 0.15) is 5.60 Å². The third-order valence-corrected chi connectivity index (χ3v) is 3.86. The SMILES string of the molecule is C[C@@H]1CC(=O)[C@]2(CCCCO2)[C@@H](C)C1. The van der Waals surface area contributed by atoms with Gasteiger partial charge in [0, 0.05) is 13.0 Å². The van der Waals surface area contributed by atoms with E-state index in [0.29, 0.717) is 17.6 Å². The summed E-state index contributed by atoms with van der Waals surface area (Å²) in [4.78, 5) is 12.1. The molecule has 80 valence electrons. The second kappa shape index (κ2) is 3.65. The number of carbonyl (C=O) groups excluding carboxylic acids is 1. The summed E-state index contributed by atoms with van der Waals surface area (Å²) in [6.07, 6.45) is 5.11. The number of ether oxygens (including phenoxy) is 1. The lowest BCUT2D eigenvalue weighted by atomic mass is 9.68. The number of hydrogen-bond donors (Lipinski definition) is 0. The van der Waals surface area contributed by atoms with Crippen molar-refractivity contribution in [1.29, 1.82) is 0 Å². The van der Waals surface area contributed by atoms with Crippen LogP contribution in [0.4, 0.5) is 0 Å². The standard InChI is InChI=1S/C12H20O2/c1-9-7-10(2)12(11(13)8-9)5-3-4-6-14-12/h9-10H,3-8H2,1-2H3/t9-,10-,12-/m0/s1. The highest BCUT2D eigenvalue weighted by atomic mass is 16.5. The summed E-state index contributed by atoms with van der Waals surface area (Å²) in [5.41, 5.74) is -0.384. The minimum Gasteiger partial charge on any atom is -0.367 e. The minimum atomic E-state index is -0.384. The highest BCUT2D eigenvalue weighted by Crippen LogP contribution is 2.42. The quantitative estimate of drug-likeness (QED) is 0.595. The zero-order valence-corrected chi connectivity index (χ0v) is 9.21. The van der Waals surface area contributed by atoms with E-state index >= 15 is 0 Å². The lowest BCUT2D eigenvalue weighted by molar-refractivity contribution is -0.169. The maximum atomic E-state index is 12.1. The molecule has 14 heavy (non-hydrogen) atoms. The fourth-order valence-electron chi connectivity index (χ4n) is 3.07. The van der Waals surface area contributed by atoms with Crippen LogP contribution in [0.2, 0.25) is 0 Å². The molecule has 1 aliphatic heterocycles. The average molecular weight is 196 g/mol. The molecule has 0 aromatic carbocycles. The van der Waals surface area contributed by atoms with Crippen molar-refractivity contribution in [3.63, 3.8) is 0 Å². The third kappa shape index (κ3) is 1.50. The predicted octanol–water partition coefficient (Wildman–Crippen LogP) is 2.56. The topological polar surface area (TPSA) is 26.3 Å². The zero-order valence-electron chi connectivity index (χ0n) is 9.21. The summed E-state index contributed by atoms with van der Waals surface area (Å²) in [7, 11) is 0. The van der Waals surface area contributed by atoms with Gasteiger partial charge in [-0.2, -0.15) is 0 Å². The zero-order chi connectivity index (χ0) is 10.2. The van der Waals surface area contributed by atoms with Crippen molar-refractivity contribution in [2.75, 3.05) is 6.61 Å². The van der Waals surface area contributed by atoms with Crippen molar-refractivity contribution in [3.8, 4) is 0 Å². The molecule has 1 spiro atoms. The first kappa shape index (κ1) is 10.2. The maximum absolute atomic E-state index is 12.1. The van der Waals surface area contributed by atoms with Crippen LogP contribution in [-0.2, 0) is 9.53 Å². The van der Waals surface area contributed by atoms with Gasteiger partial charge in [0.2, 0.25) is 0 Å². The number of rotatable bonds is 0. The van der Waals surface area contributed by atoms with Gasteiger partial charge in [-0.15, -0.1) is 0 Å². The van der Waals surface area contributed by atoms with Crippen molar-refractivity contribution in [2.24, 2.45) is 11.8 Å². The van der Waals surface area contributed by atoms with E-state index in [1.807, 2.05) is 0 Å². The van der Waals surface area contributed by atoms with Gasteiger partial charge in [0.05, 0.1) is 0 Å². The van der Waals surface area contributed by atoms with E-state index in [2.05, 4.69) is 13.8 Å². The van der Waals surface area contributed by atoms with Gasteiger partial charge in [-0.3, -0.25) is 4.79 Å². The molecule has 0 aromatic heterocycles. The molecule has 1 saturated heterocycles. The summed E-state index contributed by atoms with van der Waals surface area (Å²) >= 11 is 0. The number of hydrogen-bond acceptors (Lipinski definition) is 2.